The van der Waals surface area contributed by atoms with E-state index in [1.54, 1.807) is 7.11 Å². The summed E-state index contributed by atoms with van der Waals surface area (Å²) >= 11 is 2.25. The fraction of sp³-hybridized carbons (Fsp3) is 0.0667. The Morgan fingerprint density at radius 1 is 1.10 bits per heavy atom. The van der Waals surface area contributed by atoms with E-state index < -0.39 is 0 Å². The lowest BCUT2D eigenvalue weighted by Gasteiger charge is -2.00. The smallest absolute Gasteiger partial charge is 0.259 e. The van der Waals surface area contributed by atoms with Crippen LogP contribution in [-0.2, 0) is 0 Å². The highest BCUT2D eigenvalue weighted by Gasteiger charge is 2.13. The van der Waals surface area contributed by atoms with Gasteiger partial charge in [0, 0.05) is 9.13 Å². The molecule has 0 spiro atoms. The Kier molecular flexibility index (Phi) is 3.68. The van der Waals surface area contributed by atoms with E-state index in [9.17, 15) is 0 Å². The summed E-state index contributed by atoms with van der Waals surface area (Å²) < 4.78 is 11.6. The van der Waals surface area contributed by atoms with Gasteiger partial charge >= 0.3 is 0 Å². The quantitative estimate of drug-likeness (QED) is 0.646. The Hall–Kier alpha value is -1.89. The lowest BCUT2D eigenvalue weighted by atomic mass is 10.2. The van der Waals surface area contributed by atoms with Crippen LogP contribution in [0.1, 0.15) is 0 Å². The molecule has 2 aromatic carbocycles. The number of methoxy groups -OCH3 is 1. The second-order valence-electron chi connectivity index (χ2n) is 4.13. The standard InChI is InChI=1S/C15H11IN2O2/c1-19-11-6-4-5-10(9-11)14-17-15(20-18-14)12-7-2-3-8-13(12)16/h2-9H,1H3. The van der Waals surface area contributed by atoms with Gasteiger partial charge in [-0.05, 0) is 46.9 Å². The van der Waals surface area contributed by atoms with Crippen molar-refractivity contribution in [3.63, 3.8) is 0 Å². The number of ether oxygens (including phenoxy) is 1. The van der Waals surface area contributed by atoms with Gasteiger partial charge in [-0.1, -0.05) is 29.4 Å². The molecule has 0 aliphatic carbocycles. The molecule has 5 heteroatoms. The molecule has 3 aromatic rings. The molecule has 0 bridgehead atoms. The molecule has 0 aliphatic rings. The van der Waals surface area contributed by atoms with Crippen molar-refractivity contribution in [2.24, 2.45) is 0 Å². The first-order chi connectivity index (χ1) is 9.78. The molecular weight excluding hydrogens is 367 g/mol. The fourth-order valence-corrected chi connectivity index (χ4v) is 2.47. The van der Waals surface area contributed by atoms with E-state index in [0.717, 1.165) is 20.4 Å². The molecule has 0 saturated heterocycles. The first kappa shape index (κ1) is 13.1. The van der Waals surface area contributed by atoms with Crippen molar-refractivity contribution in [3.05, 3.63) is 52.1 Å². The summed E-state index contributed by atoms with van der Waals surface area (Å²) in [6.45, 7) is 0. The highest BCUT2D eigenvalue weighted by atomic mass is 127. The van der Waals surface area contributed by atoms with Crippen LogP contribution in [0.4, 0.5) is 0 Å². The molecule has 20 heavy (non-hydrogen) atoms. The van der Waals surface area contributed by atoms with E-state index in [4.69, 9.17) is 9.26 Å². The van der Waals surface area contributed by atoms with Crippen LogP contribution in [0.5, 0.6) is 5.75 Å². The van der Waals surface area contributed by atoms with Crippen LogP contribution in [0.15, 0.2) is 53.1 Å². The van der Waals surface area contributed by atoms with Crippen LogP contribution in [0.25, 0.3) is 22.8 Å². The van der Waals surface area contributed by atoms with E-state index in [0.29, 0.717) is 11.7 Å². The first-order valence-electron chi connectivity index (χ1n) is 6.01. The molecule has 0 saturated carbocycles. The Morgan fingerprint density at radius 2 is 1.95 bits per heavy atom. The average Bonchev–Trinajstić information content (AvgIpc) is 2.97. The van der Waals surface area contributed by atoms with Crippen LogP contribution in [0.3, 0.4) is 0 Å². The molecular formula is C15H11IN2O2. The van der Waals surface area contributed by atoms with E-state index in [2.05, 4.69) is 32.7 Å². The topological polar surface area (TPSA) is 48.2 Å². The number of hydrogen-bond acceptors (Lipinski definition) is 4. The molecule has 1 heterocycles. The SMILES string of the molecule is COc1cccc(-c2noc(-c3ccccc3I)n2)c1. The van der Waals surface area contributed by atoms with Gasteiger partial charge in [0.15, 0.2) is 0 Å². The highest BCUT2D eigenvalue weighted by molar-refractivity contribution is 14.1. The molecule has 3 rings (SSSR count). The average molecular weight is 378 g/mol. The minimum Gasteiger partial charge on any atom is -0.497 e. The third kappa shape index (κ3) is 2.53. The number of rotatable bonds is 3. The lowest BCUT2D eigenvalue weighted by molar-refractivity contribution is 0.414. The van der Waals surface area contributed by atoms with Crippen LogP contribution < -0.4 is 4.74 Å². The van der Waals surface area contributed by atoms with Gasteiger partial charge < -0.3 is 9.26 Å². The second-order valence-corrected chi connectivity index (χ2v) is 5.30. The molecule has 0 unspecified atom stereocenters. The summed E-state index contributed by atoms with van der Waals surface area (Å²) in [5.41, 5.74) is 1.81. The second kappa shape index (κ2) is 5.62. The molecule has 0 fully saturated rings. The summed E-state index contributed by atoms with van der Waals surface area (Å²) in [6, 6.07) is 15.5. The van der Waals surface area contributed by atoms with Crippen molar-refractivity contribution in [2.45, 2.75) is 0 Å². The fourth-order valence-electron chi connectivity index (χ4n) is 1.85. The molecule has 0 N–H and O–H groups in total. The van der Waals surface area contributed by atoms with Gasteiger partial charge in [-0.3, -0.25) is 0 Å². The maximum Gasteiger partial charge on any atom is 0.259 e. The van der Waals surface area contributed by atoms with Crippen molar-refractivity contribution >= 4 is 22.6 Å². The van der Waals surface area contributed by atoms with Gasteiger partial charge in [-0.2, -0.15) is 4.98 Å². The van der Waals surface area contributed by atoms with Crippen molar-refractivity contribution in [2.75, 3.05) is 7.11 Å². The third-order valence-electron chi connectivity index (χ3n) is 2.86. The lowest BCUT2D eigenvalue weighted by Crippen LogP contribution is -1.86. The highest BCUT2D eigenvalue weighted by Crippen LogP contribution is 2.27. The van der Waals surface area contributed by atoms with Gasteiger partial charge in [0.1, 0.15) is 5.75 Å². The zero-order valence-corrected chi connectivity index (χ0v) is 12.9. The number of nitrogens with zero attached hydrogens (tertiary/aromatic N) is 2. The van der Waals surface area contributed by atoms with Gasteiger partial charge in [0.25, 0.3) is 5.89 Å². The molecule has 0 radical (unpaired) electrons. The molecule has 0 atom stereocenters. The minimum absolute atomic E-state index is 0.521. The van der Waals surface area contributed by atoms with Crippen LogP contribution in [0, 0.1) is 3.57 Å². The third-order valence-corrected chi connectivity index (χ3v) is 3.80. The largest absolute Gasteiger partial charge is 0.497 e. The minimum atomic E-state index is 0.521. The normalized spacial score (nSPS) is 10.5. The Morgan fingerprint density at radius 3 is 2.75 bits per heavy atom. The summed E-state index contributed by atoms with van der Waals surface area (Å²) in [6.07, 6.45) is 0. The van der Waals surface area contributed by atoms with E-state index >= 15 is 0 Å². The molecule has 4 nitrogen and oxygen atoms in total. The van der Waals surface area contributed by atoms with Crippen molar-refractivity contribution in [1.29, 1.82) is 0 Å². The summed E-state index contributed by atoms with van der Waals surface area (Å²) in [4.78, 5) is 4.45. The van der Waals surface area contributed by atoms with E-state index in [1.807, 2.05) is 48.5 Å². The van der Waals surface area contributed by atoms with Crippen LogP contribution in [-0.4, -0.2) is 17.3 Å². The van der Waals surface area contributed by atoms with Gasteiger partial charge in [-0.15, -0.1) is 0 Å². The van der Waals surface area contributed by atoms with Crippen molar-refractivity contribution in [3.8, 4) is 28.6 Å². The summed E-state index contributed by atoms with van der Waals surface area (Å²) in [5.74, 6) is 1.84. The first-order valence-corrected chi connectivity index (χ1v) is 7.09. The maximum atomic E-state index is 5.35. The van der Waals surface area contributed by atoms with Crippen molar-refractivity contribution in [1.82, 2.24) is 10.1 Å². The Labute approximate surface area is 129 Å². The van der Waals surface area contributed by atoms with Gasteiger partial charge in [0.2, 0.25) is 5.82 Å². The number of aromatic nitrogens is 2. The number of halogens is 1. The van der Waals surface area contributed by atoms with Crippen LogP contribution in [0.2, 0.25) is 0 Å². The number of benzene rings is 2. The van der Waals surface area contributed by atoms with E-state index in [1.165, 1.54) is 0 Å². The molecule has 1 aromatic heterocycles. The Balaban J connectivity index is 2.00. The predicted octanol–water partition coefficient (Wildman–Crippen LogP) is 4.02. The summed E-state index contributed by atoms with van der Waals surface area (Å²) in [7, 11) is 1.63. The van der Waals surface area contributed by atoms with Gasteiger partial charge in [0.05, 0.1) is 12.7 Å². The molecule has 0 aliphatic heterocycles. The zero-order chi connectivity index (χ0) is 13.9. The predicted molar refractivity (Wildman–Crippen MR) is 84.4 cm³/mol. The molecule has 0 amide bonds. The zero-order valence-electron chi connectivity index (χ0n) is 10.7. The summed E-state index contributed by atoms with van der Waals surface area (Å²) in [5, 5.41) is 4.03. The van der Waals surface area contributed by atoms with Crippen LogP contribution >= 0.6 is 22.6 Å². The van der Waals surface area contributed by atoms with E-state index in [-0.39, 0.29) is 0 Å². The molecule has 100 valence electrons. The Bertz CT molecular complexity index is 740. The van der Waals surface area contributed by atoms with Crippen molar-refractivity contribution < 1.29 is 9.26 Å². The number of hydrogen-bond donors (Lipinski definition) is 0. The van der Waals surface area contributed by atoms with Gasteiger partial charge in [-0.25, -0.2) is 0 Å². The maximum absolute atomic E-state index is 5.35. The monoisotopic (exact) mass is 378 g/mol.